The average Bonchev–Trinajstić information content (AvgIpc) is 3.90. The van der Waals surface area contributed by atoms with Gasteiger partial charge in [0.2, 0.25) is 0 Å². The topological polar surface area (TPSA) is 29.5 Å². The molecule has 8 aromatic carbocycles. The smallest absolute Gasteiger partial charge is 0.159 e. The van der Waals surface area contributed by atoms with Crippen molar-refractivity contribution in [1.29, 1.82) is 0 Å². The first kappa shape index (κ1) is 29.1. The van der Waals surface area contributed by atoms with Gasteiger partial charge in [-0.3, -0.25) is 0 Å². The van der Waals surface area contributed by atoms with Crippen LogP contribution in [0.4, 0.5) is 17.1 Å². The predicted octanol–water partition coefficient (Wildman–Crippen LogP) is 14.7. The van der Waals surface area contributed by atoms with Crippen LogP contribution in [0.25, 0.3) is 86.3 Å². The Bertz CT molecular complexity index is 3150. The number of rotatable bonds is 5. The van der Waals surface area contributed by atoms with E-state index in [1.807, 2.05) is 35.6 Å². The van der Waals surface area contributed by atoms with Crippen LogP contribution in [0.5, 0.6) is 0 Å². The number of para-hydroxylation sites is 4. The van der Waals surface area contributed by atoms with E-state index >= 15 is 0 Å². The van der Waals surface area contributed by atoms with Gasteiger partial charge >= 0.3 is 0 Å². The first-order chi connectivity index (χ1) is 25.8. The van der Waals surface area contributed by atoms with Crippen molar-refractivity contribution in [2.75, 3.05) is 4.90 Å². The summed E-state index contributed by atoms with van der Waals surface area (Å²) in [5, 5.41) is 7.05. The Balaban J connectivity index is 1.10. The lowest BCUT2D eigenvalue weighted by atomic mass is 10.0. The van der Waals surface area contributed by atoms with Crippen LogP contribution in [0.15, 0.2) is 185 Å². The molecule has 11 aromatic rings. The normalized spacial score (nSPS) is 11.8. The molecule has 3 heterocycles. The van der Waals surface area contributed by atoms with E-state index in [4.69, 9.17) is 8.83 Å². The van der Waals surface area contributed by atoms with Crippen LogP contribution < -0.4 is 4.90 Å². The maximum atomic E-state index is 6.63. The fourth-order valence-corrected chi connectivity index (χ4v) is 9.13. The minimum absolute atomic E-state index is 0.854. The van der Waals surface area contributed by atoms with Gasteiger partial charge in [-0.05, 0) is 65.2 Å². The number of hydrogen-bond donors (Lipinski definition) is 0. The average molecular weight is 684 g/mol. The Kier molecular flexibility index (Phi) is 6.42. The molecule has 0 saturated heterocycles. The molecule has 3 aromatic heterocycles. The van der Waals surface area contributed by atoms with Crippen molar-refractivity contribution >= 4 is 92.4 Å². The summed E-state index contributed by atoms with van der Waals surface area (Å²) in [7, 11) is 0. The Morgan fingerprint density at radius 2 is 0.981 bits per heavy atom. The standard InChI is InChI=1S/C48H29NO2S/c1-4-22-43-36(13-1)39-18-8-16-34(46(39)50-43)31-11-7-12-33(29-31)49(42-21-10-19-40-37-14-2-5-23-44(37)51-47(40)42)32-27-25-30(26-28-32)35-17-9-20-41-38-15-3-6-24-45(38)52-48(35)41/h1-29H. The molecule has 4 heteroatoms. The molecule has 0 spiro atoms. The second-order valence-corrected chi connectivity index (χ2v) is 14.3. The Labute approximate surface area is 303 Å². The number of nitrogens with zero attached hydrogens (tertiary/aromatic N) is 1. The minimum atomic E-state index is 0.854. The van der Waals surface area contributed by atoms with Gasteiger partial charge in [0.15, 0.2) is 5.58 Å². The number of fused-ring (bicyclic) bond motifs is 9. The Hall–Kier alpha value is -6.62. The van der Waals surface area contributed by atoms with Crippen molar-refractivity contribution < 1.29 is 8.83 Å². The zero-order chi connectivity index (χ0) is 34.2. The van der Waals surface area contributed by atoms with E-state index in [9.17, 15) is 0 Å². The summed E-state index contributed by atoms with van der Waals surface area (Å²) in [6.07, 6.45) is 0. The molecular formula is C48H29NO2S. The lowest BCUT2D eigenvalue weighted by Crippen LogP contribution is -2.10. The maximum absolute atomic E-state index is 6.63. The van der Waals surface area contributed by atoms with Crippen LogP contribution in [0.1, 0.15) is 0 Å². The van der Waals surface area contributed by atoms with Crippen molar-refractivity contribution in [3.63, 3.8) is 0 Å². The summed E-state index contributed by atoms with van der Waals surface area (Å²) in [5.41, 5.74) is 11.1. The minimum Gasteiger partial charge on any atom is -0.455 e. The third-order valence-corrected chi connectivity index (χ3v) is 11.5. The van der Waals surface area contributed by atoms with Crippen LogP contribution >= 0.6 is 11.3 Å². The number of thiophene rings is 1. The van der Waals surface area contributed by atoms with Gasteiger partial charge in [-0.2, -0.15) is 0 Å². The van der Waals surface area contributed by atoms with Gasteiger partial charge in [-0.15, -0.1) is 11.3 Å². The molecule has 0 aliphatic rings. The zero-order valence-electron chi connectivity index (χ0n) is 27.9. The zero-order valence-corrected chi connectivity index (χ0v) is 28.7. The highest BCUT2D eigenvalue weighted by Crippen LogP contribution is 2.45. The van der Waals surface area contributed by atoms with Crippen molar-refractivity contribution in [2.45, 2.75) is 0 Å². The summed E-state index contributed by atoms with van der Waals surface area (Å²) < 4.78 is 15.7. The number of hydrogen-bond acceptors (Lipinski definition) is 4. The van der Waals surface area contributed by atoms with Crippen LogP contribution in [-0.4, -0.2) is 0 Å². The van der Waals surface area contributed by atoms with Gasteiger partial charge in [0, 0.05) is 58.7 Å². The highest BCUT2D eigenvalue weighted by Gasteiger charge is 2.21. The first-order valence-corrected chi connectivity index (χ1v) is 18.3. The fourth-order valence-electron chi connectivity index (χ4n) is 7.89. The van der Waals surface area contributed by atoms with Crippen LogP contribution in [0, 0.1) is 0 Å². The SMILES string of the molecule is c1cc(-c2cccc3c2oc2ccccc23)cc(N(c2ccc(-c3cccc4c3sc3ccccc34)cc2)c2cccc3c2oc2ccccc23)c1. The molecule has 0 aliphatic heterocycles. The van der Waals surface area contributed by atoms with Gasteiger partial charge in [-0.1, -0.05) is 127 Å². The predicted molar refractivity (Wildman–Crippen MR) is 219 cm³/mol. The molecule has 11 rings (SSSR count). The number of furan rings is 2. The van der Waals surface area contributed by atoms with Gasteiger partial charge in [0.1, 0.15) is 16.7 Å². The quantitative estimate of drug-likeness (QED) is 0.181. The highest BCUT2D eigenvalue weighted by molar-refractivity contribution is 7.26. The lowest BCUT2D eigenvalue weighted by molar-refractivity contribution is 0.669. The van der Waals surface area contributed by atoms with Gasteiger partial charge in [0.05, 0.1) is 5.69 Å². The van der Waals surface area contributed by atoms with Crippen LogP contribution in [0.3, 0.4) is 0 Å². The molecular weight excluding hydrogens is 655 g/mol. The third-order valence-electron chi connectivity index (χ3n) is 10.3. The van der Waals surface area contributed by atoms with Crippen LogP contribution in [-0.2, 0) is 0 Å². The summed E-state index contributed by atoms with van der Waals surface area (Å²) in [6, 6.07) is 62.4. The largest absolute Gasteiger partial charge is 0.455 e. The molecule has 0 N–H and O–H groups in total. The molecule has 0 fully saturated rings. The summed E-state index contributed by atoms with van der Waals surface area (Å²) in [6.45, 7) is 0. The van der Waals surface area contributed by atoms with Gasteiger partial charge in [0.25, 0.3) is 0 Å². The highest BCUT2D eigenvalue weighted by atomic mass is 32.1. The Morgan fingerprint density at radius 3 is 1.77 bits per heavy atom. The molecule has 244 valence electrons. The van der Waals surface area contributed by atoms with Crippen molar-refractivity contribution in [3.05, 3.63) is 176 Å². The maximum Gasteiger partial charge on any atom is 0.159 e. The van der Waals surface area contributed by atoms with Crippen molar-refractivity contribution in [1.82, 2.24) is 0 Å². The summed E-state index contributed by atoms with van der Waals surface area (Å²) in [5.74, 6) is 0. The van der Waals surface area contributed by atoms with Crippen molar-refractivity contribution in [2.24, 2.45) is 0 Å². The van der Waals surface area contributed by atoms with Gasteiger partial charge < -0.3 is 13.7 Å². The molecule has 3 nitrogen and oxygen atoms in total. The molecule has 52 heavy (non-hydrogen) atoms. The second-order valence-electron chi connectivity index (χ2n) is 13.2. The van der Waals surface area contributed by atoms with Crippen LogP contribution in [0.2, 0.25) is 0 Å². The van der Waals surface area contributed by atoms with Crippen molar-refractivity contribution in [3.8, 4) is 22.3 Å². The van der Waals surface area contributed by atoms with E-state index in [1.165, 1.54) is 31.3 Å². The molecule has 0 bridgehead atoms. The molecule has 0 unspecified atom stereocenters. The fraction of sp³-hybridized carbons (Fsp3) is 0. The van der Waals surface area contributed by atoms with E-state index in [2.05, 4.69) is 157 Å². The van der Waals surface area contributed by atoms with E-state index in [1.54, 1.807) is 0 Å². The van der Waals surface area contributed by atoms with E-state index < -0.39 is 0 Å². The molecule has 0 aliphatic carbocycles. The number of benzene rings is 8. The van der Waals surface area contributed by atoms with Gasteiger partial charge in [-0.25, -0.2) is 0 Å². The second kappa shape index (κ2) is 11.5. The Morgan fingerprint density at radius 1 is 0.385 bits per heavy atom. The third kappa shape index (κ3) is 4.45. The lowest BCUT2D eigenvalue weighted by Gasteiger charge is -2.26. The summed E-state index contributed by atoms with van der Waals surface area (Å²) >= 11 is 1.86. The van der Waals surface area contributed by atoms with E-state index in [-0.39, 0.29) is 0 Å². The van der Waals surface area contributed by atoms with E-state index in [0.717, 1.165) is 72.1 Å². The molecule has 0 atom stereocenters. The monoisotopic (exact) mass is 683 g/mol. The summed E-state index contributed by atoms with van der Waals surface area (Å²) in [4.78, 5) is 2.32. The van der Waals surface area contributed by atoms with E-state index in [0.29, 0.717) is 0 Å². The molecule has 0 amide bonds. The molecule has 0 radical (unpaired) electrons. The first-order valence-electron chi connectivity index (χ1n) is 17.5. The number of anilines is 3. The molecule has 0 saturated carbocycles.